The summed E-state index contributed by atoms with van der Waals surface area (Å²) in [4.78, 5) is 2.57. The van der Waals surface area contributed by atoms with Crippen molar-refractivity contribution >= 4 is 22.9 Å². The molecule has 0 radical (unpaired) electrons. The van der Waals surface area contributed by atoms with Gasteiger partial charge in [-0.15, -0.1) is 0 Å². The van der Waals surface area contributed by atoms with Crippen molar-refractivity contribution in [1.82, 2.24) is 0 Å². The SMILES string of the molecule is Cc1cc(C(N)=S)ccc1N(C)Cc1ccco1. The van der Waals surface area contributed by atoms with Crippen LogP contribution in [-0.2, 0) is 6.54 Å². The van der Waals surface area contributed by atoms with Crippen molar-refractivity contribution in [2.75, 3.05) is 11.9 Å². The Bertz CT molecular complexity index is 549. The monoisotopic (exact) mass is 260 g/mol. The molecule has 3 nitrogen and oxygen atoms in total. The van der Waals surface area contributed by atoms with Gasteiger partial charge in [0, 0.05) is 18.3 Å². The van der Waals surface area contributed by atoms with Crippen LogP contribution in [0.15, 0.2) is 41.0 Å². The van der Waals surface area contributed by atoms with Crippen LogP contribution in [-0.4, -0.2) is 12.0 Å². The first-order chi connectivity index (χ1) is 8.58. The highest BCUT2D eigenvalue weighted by atomic mass is 32.1. The molecular formula is C14H16N2OS. The second-order valence-electron chi connectivity index (χ2n) is 4.30. The fourth-order valence-electron chi connectivity index (χ4n) is 1.96. The molecule has 0 bridgehead atoms. The average Bonchev–Trinajstić information content (AvgIpc) is 2.81. The van der Waals surface area contributed by atoms with Crippen LogP contribution in [0.2, 0.25) is 0 Å². The number of rotatable bonds is 4. The zero-order valence-electron chi connectivity index (χ0n) is 10.5. The Hall–Kier alpha value is -1.81. The molecule has 1 heterocycles. The highest BCUT2D eigenvalue weighted by Gasteiger charge is 2.08. The number of benzene rings is 1. The molecule has 0 unspecified atom stereocenters. The first-order valence-electron chi connectivity index (χ1n) is 5.72. The largest absolute Gasteiger partial charge is 0.467 e. The Morgan fingerprint density at radius 3 is 2.72 bits per heavy atom. The standard InChI is InChI=1S/C14H16N2OS/c1-10-8-11(14(15)18)5-6-13(10)16(2)9-12-4-3-7-17-12/h3-8H,9H2,1-2H3,(H2,15,18). The molecule has 0 saturated heterocycles. The molecule has 0 saturated carbocycles. The number of furan rings is 1. The molecule has 18 heavy (non-hydrogen) atoms. The van der Waals surface area contributed by atoms with Gasteiger partial charge in [0.25, 0.3) is 0 Å². The fraction of sp³-hybridized carbons (Fsp3) is 0.214. The third-order valence-electron chi connectivity index (χ3n) is 2.87. The van der Waals surface area contributed by atoms with E-state index in [1.807, 2.05) is 37.4 Å². The smallest absolute Gasteiger partial charge is 0.123 e. The lowest BCUT2D eigenvalue weighted by atomic mass is 10.1. The Morgan fingerprint density at radius 1 is 1.39 bits per heavy atom. The van der Waals surface area contributed by atoms with Gasteiger partial charge in [0.1, 0.15) is 10.7 Å². The predicted molar refractivity (Wildman–Crippen MR) is 77.9 cm³/mol. The third-order valence-corrected chi connectivity index (χ3v) is 3.10. The van der Waals surface area contributed by atoms with Crippen LogP contribution in [0, 0.1) is 6.92 Å². The van der Waals surface area contributed by atoms with Crippen LogP contribution in [0.25, 0.3) is 0 Å². The molecule has 1 aromatic heterocycles. The summed E-state index contributed by atoms with van der Waals surface area (Å²) in [6, 6.07) is 9.85. The second kappa shape index (κ2) is 5.23. The zero-order valence-corrected chi connectivity index (χ0v) is 11.3. The Balaban J connectivity index is 2.20. The van der Waals surface area contributed by atoms with Gasteiger partial charge in [0.05, 0.1) is 12.8 Å². The van der Waals surface area contributed by atoms with Gasteiger partial charge in [0.2, 0.25) is 0 Å². The molecule has 2 rings (SSSR count). The molecule has 2 aromatic rings. The van der Waals surface area contributed by atoms with E-state index < -0.39 is 0 Å². The van der Waals surface area contributed by atoms with E-state index in [9.17, 15) is 0 Å². The van der Waals surface area contributed by atoms with Crippen molar-refractivity contribution in [2.45, 2.75) is 13.5 Å². The lowest BCUT2D eigenvalue weighted by Gasteiger charge is -2.20. The highest BCUT2D eigenvalue weighted by Crippen LogP contribution is 2.22. The molecule has 0 spiro atoms. The molecule has 0 aliphatic carbocycles. The van der Waals surface area contributed by atoms with Gasteiger partial charge in [-0.1, -0.05) is 12.2 Å². The van der Waals surface area contributed by atoms with Crippen molar-refractivity contribution in [3.05, 3.63) is 53.5 Å². The summed E-state index contributed by atoms with van der Waals surface area (Å²) in [5, 5.41) is 0. The summed E-state index contributed by atoms with van der Waals surface area (Å²) in [6.45, 7) is 2.79. The Morgan fingerprint density at radius 2 is 2.17 bits per heavy atom. The average molecular weight is 260 g/mol. The molecule has 0 fully saturated rings. The number of hydrogen-bond donors (Lipinski definition) is 1. The molecule has 0 atom stereocenters. The maximum Gasteiger partial charge on any atom is 0.123 e. The minimum absolute atomic E-state index is 0.429. The molecule has 1 aromatic carbocycles. The van der Waals surface area contributed by atoms with Gasteiger partial charge in [0.15, 0.2) is 0 Å². The number of nitrogens with two attached hydrogens (primary N) is 1. The molecule has 94 valence electrons. The maximum absolute atomic E-state index is 5.62. The number of hydrogen-bond acceptors (Lipinski definition) is 3. The summed E-state index contributed by atoms with van der Waals surface area (Å²) in [5.74, 6) is 0.940. The maximum atomic E-state index is 5.62. The summed E-state index contributed by atoms with van der Waals surface area (Å²) < 4.78 is 5.35. The summed E-state index contributed by atoms with van der Waals surface area (Å²) in [6.07, 6.45) is 1.69. The van der Waals surface area contributed by atoms with E-state index in [1.165, 1.54) is 0 Å². The van der Waals surface area contributed by atoms with Crippen LogP contribution in [0.1, 0.15) is 16.9 Å². The number of aryl methyl sites for hydroxylation is 1. The van der Waals surface area contributed by atoms with Gasteiger partial charge in [-0.2, -0.15) is 0 Å². The lowest BCUT2D eigenvalue weighted by molar-refractivity contribution is 0.507. The first-order valence-corrected chi connectivity index (χ1v) is 6.12. The summed E-state index contributed by atoms with van der Waals surface area (Å²) in [7, 11) is 2.03. The van der Waals surface area contributed by atoms with Gasteiger partial charge in [-0.05, 0) is 42.8 Å². The lowest BCUT2D eigenvalue weighted by Crippen LogP contribution is -2.18. The van der Waals surface area contributed by atoms with Gasteiger partial charge in [-0.3, -0.25) is 0 Å². The van der Waals surface area contributed by atoms with Crippen molar-refractivity contribution in [1.29, 1.82) is 0 Å². The van der Waals surface area contributed by atoms with Crippen LogP contribution >= 0.6 is 12.2 Å². The normalized spacial score (nSPS) is 10.3. The molecular weight excluding hydrogens is 244 g/mol. The van der Waals surface area contributed by atoms with Crippen molar-refractivity contribution < 1.29 is 4.42 Å². The van der Waals surface area contributed by atoms with Gasteiger partial charge >= 0.3 is 0 Å². The quantitative estimate of drug-likeness (QED) is 0.858. The van der Waals surface area contributed by atoms with Crippen LogP contribution in [0.4, 0.5) is 5.69 Å². The van der Waals surface area contributed by atoms with Crippen LogP contribution in [0.3, 0.4) is 0 Å². The predicted octanol–water partition coefficient (Wildman–Crippen LogP) is 2.86. The van der Waals surface area contributed by atoms with Gasteiger partial charge in [-0.25, -0.2) is 0 Å². The number of thiocarbonyl (C=S) groups is 1. The Kier molecular flexibility index (Phi) is 3.67. The third kappa shape index (κ3) is 2.71. The Labute approximate surface area is 112 Å². The molecule has 4 heteroatoms. The van der Waals surface area contributed by atoms with Crippen molar-refractivity contribution in [3.8, 4) is 0 Å². The van der Waals surface area contributed by atoms with E-state index in [4.69, 9.17) is 22.4 Å². The minimum Gasteiger partial charge on any atom is -0.467 e. The van der Waals surface area contributed by atoms with Crippen LogP contribution in [0.5, 0.6) is 0 Å². The fourth-order valence-corrected chi connectivity index (χ4v) is 2.09. The highest BCUT2D eigenvalue weighted by molar-refractivity contribution is 7.80. The van der Waals surface area contributed by atoms with E-state index in [1.54, 1.807) is 6.26 Å². The van der Waals surface area contributed by atoms with Gasteiger partial charge < -0.3 is 15.1 Å². The van der Waals surface area contributed by atoms with E-state index >= 15 is 0 Å². The summed E-state index contributed by atoms with van der Waals surface area (Å²) >= 11 is 4.97. The van der Waals surface area contributed by atoms with Crippen molar-refractivity contribution in [3.63, 3.8) is 0 Å². The molecule has 0 aliphatic rings. The molecule has 0 aliphatic heterocycles. The first kappa shape index (κ1) is 12.6. The van der Waals surface area contributed by atoms with E-state index in [0.29, 0.717) is 4.99 Å². The van der Waals surface area contributed by atoms with E-state index in [2.05, 4.69) is 11.8 Å². The minimum atomic E-state index is 0.429. The number of nitrogens with zero attached hydrogens (tertiary/aromatic N) is 1. The summed E-state index contributed by atoms with van der Waals surface area (Å²) in [5.41, 5.74) is 8.81. The van der Waals surface area contributed by atoms with E-state index in [-0.39, 0.29) is 0 Å². The number of anilines is 1. The molecule has 2 N–H and O–H groups in total. The van der Waals surface area contributed by atoms with Crippen molar-refractivity contribution in [2.24, 2.45) is 5.73 Å². The topological polar surface area (TPSA) is 42.4 Å². The van der Waals surface area contributed by atoms with E-state index in [0.717, 1.165) is 29.1 Å². The van der Waals surface area contributed by atoms with Crippen LogP contribution < -0.4 is 10.6 Å². The second-order valence-corrected chi connectivity index (χ2v) is 4.74. The zero-order chi connectivity index (χ0) is 13.1. The molecule has 0 amide bonds.